The molecule has 0 aliphatic rings. The quantitative estimate of drug-likeness (QED) is 0.146. The molecule has 1 atom stereocenters. The molecule has 4 nitrogen and oxygen atoms in total. The maximum absolute atomic E-state index is 4.28. The number of aryl methyl sites for hydroxylation is 4. The van der Waals surface area contributed by atoms with E-state index in [1.54, 1.807) is 0 Å². The van der Waals surface area contributed by atoms with Gasteiger partial charge in [-0.15, -0.1) is 0 Å². The highest BCUT2D eigenvalue weighted by Gasteiger charge is 2.24. The number of hydrogen-bond acceptors (Lipinski definition) is 2. The third-order valence-electron chi connectivity index (χ3n) is 9.04. The Morgan fingerprint density at radius 2 is 0.935 bits per heavy atom. The maximum Gasteiger partial charge on any atom is 0.213 e. The molecule has 4 heterocycles. The fraction of sp³-hybridized carbons (Fsp3) is 0.238. The third kappa shape index (κ3) is 7.13. The molecular weight excluding hydrogens is 560 g/mol. The van der Waals surface area contributed by atoms with Crippen molar-refractivity contribution >= 4 is 0 Å². The van der Waals surface area contributed by atoms with Gasteiger partial charge in [-0.1, -0.05) is 42.3 Å². The van der Waals surface area contributed by atoms with Gasteiger partial charge >= 0.3 is 0 Å². The Balaban J connectivity index is 1.30. The van der Waals surface area contributed by atoms with Gasteiger partial charge in [-0.2, -0.15) is 9.13 Å². The zero-order valence-corrected chi connectivity index (χ0v) is 27.7. The lowest BCUT2D eigenvalue weighted by Gasteiger charge is -2.15. The van der Waals surface area contributed by atoms with Crippen LogP contribution in [0.1, 0.15) is 42.3 Å². The Kier molecular flexibility index (Phi) is 9.44. The van der Waals surface area contributed by atoms with E-state index in [1.165, 1.54) is 67.3 Å². The standard InChI is InChI=1S/C42H44N4/c1-30-8-12-37(13-9-30)41-27-40(36-18-22-44-23-19-36)28-42(38-14-10-31(2)11-15-38)45(41)24-6-7-32(3)29-46-33(4)25-39(26-34(46)5)35-16-20-43-21-17-35/h8-23,25-28,32H,6-7,24,29H2,1-5H3/q+2. The molecule has 0 amide bonds. The SMILES string of the molecule is Cc1ccc(-c2cc(-c3ccncc3)cc(-c3ccc(C)cc3)[n+]2CCCC(C)C[n+]2c(C)cc(-c3ccncc3)cc2C)cc1. The van der Waals surface area contributed by atoms with E-state index in [-0.39, 0.29) is 0 Å². The van der Waals surface area contributed by atoms with Crippen LogP contribution in [-0.2, 0) is 13.1 Å². The van der Waals surface area contributed by atoms with Crippen LogP contribution in [-0.4, -0.2) is 9.97 Å². The van der Waals surface area contributed by atoms with Crippen LogP contribution in [0.5, 0.6) is 0 Å². The predicted molar refractivity (Wildman–Crippen MR) is 188 cm³/mol. The van der Waals surface area contributed by atoms with Crippen LogP contribution in [0.4, 0.5) is 0 Å². The average molecular weight is 605 g/mol. The maximum atomic E-state index is 4.28. The van der Waals surface area contributed by atoms with Crippen molar-refractivity contribution < 1.29 is 9.13 Å². The number of pyridine rings is 4. The first-order valence-corrected chi connectivity index (χ1v) is 16.4. The number of hydrogen-bond donors (Lipinski definition) is 0. The summed E-state index contributed by atoms with van der Waals surface area (Å²) < 4.78 is 5.02. The van der Waals surface area contributed by atoms with Gasteiger partial charge in [0.2, 0.25) is 11.4 Å². The molecule has 0 saturated carbocycles. The summed E-state index contributed by atoms with van der Waals surface area (Å²) in [5.41, 5.74) is 14.9. The van der Waals surface area contributed by atoms with Gasteiger partial charge in [0.25, 0.3) is 0 Å². The van der Waals surface area contributed by atoms with Gasteiger partial charge in [-0.25, -0.2) is 0 Å². The molecule has 0 radical (unpaired) electrons. The highest BCUT2D eigenvalue weighted by atomic mass is 15.0. The summed E-state index contributed by atoms with van der Waals surface area (Å²) in [6.07, 6.45) is 9.71. The van der Waals surface area contributed by atoms with Crippen molar-refractivity contribution in [2.24, 2.45) is 5.92 Å². The molecule has 0 aliphatic carbocycles. The average Bonchev–Trinajstić information content (AvgIpc) is 3.08. The predicted octanol–water partition coefficient (Wildman–Crippen LogP) is 9.07. The van der Waals surface area contributed by atoms with Gasteiger partial charge in [-0.3, -0.25) is 9.97 Å². The number of benzene rings is 2. The fourth-order valence-corrected chi connectivity index (χ4v) is 6.43. The lowest BCUT2D eigenvalue weighted by molar-refractivity contribution is -0.714. The van der Waals surface area contributed by atoms with Gasteiger partial charge in [-0.05, 0) is 91.1 Å². The molecule has 4 aromatic heterocycles. The molecule has 230 valence electrons. The molecule has 46 heavy (non-hydrogen) atoms. The Labute approximate surface area is 274 Å². The smallest absolute Gasteiger partial charge is 0.213 e. The van der Waals surface area contributed by atoms with Crippen molar-refractivity contribution in [3.8, 4) is 44.8 Å². The zero-order chi connectivity index (χ0) is 32.0. The lowest BCUT2D eigenvalue weighted by Crippen LogP contribution is -2.43. The van der Waals surface area contributed by atoms with Crippen LogP contribution in [0.25, 0.3) is 44.8 Å². The molecule has 6 rings (SSSR count). The summed E-state index contributed by atoms with van der Waals surface area (Å²) in [4.78, 5) is 8.46. The number of nitrogens with zero attached hydrogens (tertiary/aromatic N) is 4. The van der Waals surface area contributed by atoms with E-state index in [9.17, 15) is 0 Å². The molecule has 0 saturated heterocycles. The molecule has 4 heteroatoms. The van der Waals surface area contributed by atoms with Gasteiger partial charge in [0.05, 0.1) is 0 Å². The summed E-state index contributed by atoms with van der Waals surface area (Å²) in [7, 11) is 0. The second-order valence-corrected chi connectivity index (χ2v) is 12.8. The van der Waals surface area contributed by atoms with E-state index in [4.69, 9.17) is 0 Å². The van der Waals surface area contributed by atoms with E-state index < -0.39 is 0 Å². The highest BCUT2D eigenvalue weighted by molar-refractivity contribution is 5.73. The third-order valence-corrected chi connectivity index (χ3v) is 9.04. The van der Waals surface area contributed by atoms with Crippen molar-refractivity contribution in [3.05, 3.63) is 144 Å². The minimum absolute atomic E-state index is 0.538. The molecule has 0 aliphatic heterocycles. The molecule has 0 N–H and O–H groups in total. The Bertz CT molecular complexity index is 1820. The molecule has 6 aromatic rings. The molecule has 2 aromatic carbocycles. The molecule has 1 unspecified atom stereocenters. The van der Waals surface area contributed by atoms with Crippen LogP contribution in [0.15, 0.2) is 122 Å². The van der Waals surface area contributed by atoms with E-state index in [1.807, 2.05) is 24.8 Å². The Morgan fingerprint density at radius 1 is 0.500 bits per heavy atom. The monoisotopic (exact) mass is 604 g/mol. The van der Waals surface area contributed by atoms with E-state index >= 15 is 0 Å². The van der Waals surface area contributed by atoms with E-state index in [0.29, 0.717) is 5.92 Å². The first-order chi connectivity index (χ1) is 22.4. The second kappa shape index (κ2) is 14.0. The summed E-state index contributed by atoms with van der Waals surface area (Å²) in [6.45, 7) is 13.1. The van der Waals surface area contributed by atoms with Crippen LogP contribution in [0.3, 0.4) is 0 Å². The van der Waals surface area contributed by atoms with Crippen LogP contribution in [0.2, 0.25) is 0 Å². The molecular formula is C42H44N4+2. The summed E-state index contributed by atoms with van der Waals surface area (Å²) in [5.74, 6) is 0.538. The normalized spacial score (nSPS) is 11.8. The number of aromatic nitrogens is 4. The van der Waals surface area contributed by atoms with E-state index in [2.05, 4.69) is 151 Å². The topological polar surface area (TPSA) is 33.5 Å². The van der Waals surface area contributed by atoms with Gasteiger partial charge in [0.15, 0.2) is 17.9 Å². The summed E-state index contributed by atoms with van der Waals surface area (Å²) >= 11 is 0. The van der Waals surface area contributed by atoms with Gasteiger partial charge in [0, 0.05) is 86.4 Å². The van der Waals surface area contributed by atoms with Crippen LogP contribution in [0, 0.1) is 33.6 Å². The Hall–Kier alpha value is -4.96. The zero-order valence-electron chi connectivity index (χ0n) is 27.7. The number of rotatable bonds is 10. The van der Waals surface area contributed by atoms with Crippen molar-refractivity contribution in [2.75, 3.05) is 0 Å². The van der Waals surface area contributed by atoms with Gasteiger partial charge in [0.1, 0.15) is 6.54 Å². The summed E-state index contributed by atoms with van der Waals surface area (Å²) in [6, 6.07) is 35.6. The minimum atomic E-state index is 0.538. The van der Waals surface area contributed by atoms with Crippen molar-refractivity contribution in [1.29, 1.82) is 0 Å². The van der Waals surface area contributed by atoms with Crippen LogP contribution >= 0.6 is 0 Å². The molecule has 0 spiro atoms. The molecule has 0 fully saturated rings. The second-order valence-electron chi connectivity index (χ2n) is 12.8. The minimum Gasteiger partial charge on any atom is -0.265 e. The largest absolute Gasteiger partial charge is 0.265 e. The van der Waals surface area contributed by atoms with Gasteiger partial charge < -0.3 is 0 Å². The first kappa shape index (κ1) is 31.0. The molecule has 0 bridgehead atoms. The van der Waals surface area contributed by atoms with Crippen molar-refractivity contribution in [3.63, 3.8) is 0 Å². The highest BCUT2D eigenvalue weighted by Crippen LogP contribution is 2.30. The summed E-state index contributed by atoms with van der Waals surface area (Å²) in [5, 5.41) is 0. The lowest BCUT2D eigenvalue weighted by atomic mass is 9.98. The van der Waals surface area contributed by atoms with Crippen molar-refractivity contribution in [1.82, 2.24) is 9.97 Å². The fourth-order valence-electron chi connectivity index (χ4n) is 6.43. The van der Waals surface area contributed by atoms with Crippen LogP contribution < -0.4 is 9.13 Å². The van der Waals surface area contributed by atoms with E-state index in [0.717, 1.165) is 25.9 Å². The van der Waals surface area contributed by atoms with Crippen molar-refractivity contribution in [2.45, 2.75) is 60.5 Å². The Morgan fingerprint density at radius 3 is 1.39 bits per heavy atom. The first-order valence-electron chi connectivity index (χ1n) is 16.4.